The van der Waals surface area contributed by atoms with E-state index < -0.39 is 9.84 Å². The third-order valence-corrected chi connectivity index (χ3v) is 4.05. The average molecular weight is 268 g/mol. The Hall–Kier alpha value is -1.09. The summed E-state index contributed by atoms with van der Waals surface area (Å²) >= 11 is 0. The summed E-state index contributed by atoms with van der Waals surface area (Å²) in [6, 6.07) is 8.48. The molecule has 2 nitrogen and oxygen atoms in total. The second-order valence-corrected chi connectivity index (χ2v) is 6.64. The van der Waals surface area contributed by atoms with E-state index in [0.717, 1.165) is 12.8 Å². The van der Waals surface area contributed by atoms with Crippen molar-refractivity contribution >= 4 is 9.84 Å². The van der Waals surface area contributed by atoms with Gasteiger partial charge in [0, 0.05) is 0 Å². The van der Waals surface area contributed by atoms with Crippen LogP contribution >= 0.6 is 0 Å². The molecule has 1 aromatic rings. The SMILES string of the molecule is C=CCS(=O)(=O)CCCC.Cc1ccc(C)cc1. The zero-order valence-electron chi connectivity index (χ0n) is 11.6. The van der Waals surface area contributed by atoms with Crippen molar-refractivity contribution < 1.29 is 8.42 Å². The van der Waals surface area contributed by atoms with E-state index in [4.69, 9.17) is 0 Å². The van der Waals surface area contributed by atoms with Gasteiger partial charge in [0.25, 0.3) is 0 Å². The highest BCUT2D eigenvalue weighted by Gasteiger charge is 2.05. The number of hydrogen-bond donors (Lipinski definition) is 0. The zero-order chi connectivity index (χ0) is 14.0. The molecule has 0 aliphatic heterocycles. The van der Waals surface area contributed by atoms with Gasteiger partial charge in [-0.3, -0.25) is 0 Å². The molecule has 18 heavy (non-hydrogen) atoms. The van der Waals surface area contributed by atoms with E-state index in [1.54, 1.807) is 0 Å². The average Bonchev–Trinajstić information content (AvgIpc) is 2.31. The summed E-state index contributed by atoms with van der Waals surface area (Å²) in [7, 11) is -2.81. The van der Waals surface area contributed by atoms with Gasteiger partial charge in [-0.05, 0) is 20.3 Å². The molecule has 1 aromatic carbocycles. The number of sulfone groups is 1. The van der Waals surface area contributed by atoms with Crippen molar-refractivity contribution in [3.63, 3.8) is 0 Å². The van der Waals surface area contributed by atoms with E-state index in [1.807, 2.05) is 6.92 Å². The molecule has 0 N–H and O–H groups in total. The third kappa shape index (κ3) is 8.99. The molecule has 0 aliphatic rings. The summed E-state index contributed by atoms with van der Waals surface area (Å²) in [4.78, 5) is 0. The van der Waals surface area contributed by atoms with Crippen molar-refractivity contribution in [1.29, 1.82) is 0 Å². The van der Waals surface area contributed by atoms with Crippen LogP contribution in [0.25, 0.3) is 0 Å². The Morgan fingerprint density at radius 2 is 1.56 bits per heavy atom. The summed E-state index contributed by atoms with van der Waals surface area (Å²) in [5, 5.41) is 0. The number of benzene rings is 1. The van der Waals surface area contributed by atoms with Gasteiger partial charge in [-0.1, -0.05) is 54.8 Å². The third-order valence-electron chi connectivity index (χ3n) is 2.40. The first kappa shape index (κ1) is 16.9. The maximum atomic E-state index is 10.9. The predicted molar refractivity (Wildman–Crippen MR) is 79.7 cm³/mol. The highest BCUT2D eigenvalue weighted by atomic mass is 32.2. The standard InChI is InChI=1S/C8H10.C7H14O2S/c1-7-3-5-8(2)6-4-7;1-3-5-7-10(8,9)6-4-2/h3-6H,1-2H3;4H,2-3,5-7H2,1H3. The second kappa shape index (κ2) is 8.92. The van der Waals surface area contributed by atoms with Gasteiger partial charge in [-0.15, -0.1) is 6.58 Å². The highest BCUT2D eigenvalue weighted by molar-refractivity contribution is 7.91. The molecule has 0 radical (unpaired) electrons. The Morgan fingerprint density at radius 1 is 1.11 bits per heavy atom. The normalized spacial score (nSPS) is 10.4. The number of unbranched alkanes of at least 4 members (excludes halogenated alkanes) is 1. The van der Waals surface area contributed by atoms with E-state index in [1.165, 1.54) is 17.2 Å². The smallest absolute Gasteiger partial charge is 0.153 e. The lowest BCUT2D eigenvalue weighted by molar-refractivity contribution is 0.595. The fourth-order valence-electron chi connectivity index (χ4n) is 1.26. The maximum Gasteiger partial charge on any atom is 0.153 e. The summed E-state index contributed by atoms with van der Waals surface area (Å²) in [6.07, 6.45) is 3.12. The fourth-order valence-corrected chi connectivity index (χ4v) is 2.52. The molecule has 0 aliphatic carbocycles. The molecule has 0 saturated heterocycles. The highest BCUT2D eigenvalue weighted by Crippen LogP contribution is 1.99. The molecule has 0 aromatic heterocycles. The number of hydrogen-bond acceptors (Lipinski definition) is 2. The van der Waals surface area contributed by atoms with Gasteiger partial charge in [0.1, 0.15) is 0 Å². The van der Waals surface area contributed by atoms with Gasteiger partial charge in [0.2, 0.25) is 0 Å². The molecule has 0 amide bonds. The van der Waals surface area contributed by atoms with Crippen LogP contribution in [0, 0.1) is 13.8 Å². The minimum atomic E-state index is -2.81. The number of aryl methyl sites for hydroxylation is 2. The summed E-state index contributed by atoms with van der Waals surface area (Å²) in [5.41, 5.74) is 2.66. The first-order chi connectivity index (χ1) is 8.41. The predicted octanol–water partition coefficient (Wildman–Crippen LogP) is 3.69. The van der Waals surface area contributed by atoms with Gasteiger partial charge in [0.05, 0.1) is 11.5 Å². The van der Waals surface area contributed by atoms with E-state index >= 15 is 0 Å². The Balaban J connectivity index is 0.000000327. The minimum Gasteiger partial charge on any atom is -0.229 e. The van der Waals surface area contributed by atoms with Crippen LogP contribution in [0.1, 0.15) is 30.9 Å². The Kier molecular flexibility index (Phi) is 8.38. The topological polar surface area (TPSA) is 34.1 Å². The lowest BCUT2D eigenvalue weighted by atomic mass is 10.2. The summed E-state index contributed by atoms with van der Waals surface area (Å²) < 4.78 is 21.8. The molecule has 0 atom stereocenters. The van der Waals surface area contributed by atoms with Crippen molar-refractivity contribution in [1.82, 2.24) is 0 Å². The molecule has 3 heteroatoms. The van der Waals surface area contributed by atoms with Crippen molar-refractivity contribution in [2.75, 3.05) is 11.5 Å². The minimum absolute atomic E-state index is 0.118. The fraction of sp³-hybridized carbons (Fsp3) is 0.467. The van der Waals surface area contributed by atoms with Gasteiger partial charge >= 0.3 is 0 Å². The van der Waals surface area contributed by atoms with Crippen LogP contribution in [0.5, 0.6) is 0 Å². The van der Waals surface area contributed by atoms with Gasteiger partial charge in [0.15, 0.2) is 9.84 Å². The number of rotatable bonds is 5. The Morgan fingerprint density at radius 3 is 1.89 bits per heavy atom. The largest absolute Gasteiger partial charge is 0.229 e. The lowest BCUT2D eigenvalue weighted by Gasteiger charge is -1.97. The van der Waals surface area contributed by atoms with Crippen molar-refractivity contribution in [2.24, 2.45) is 0 Å². The summed E-state index contributed by atoms with van der Waals surface area (Å²) in [5.74, 6) is 0.419. The molecule has 0 bridgehead atoms. The molecular weight excluding hydrogens is 244 g/mol. The van der Waals surface area contributed by atoms with Crippen molar-refractivity contribution in [3.8, 4) is 0 Å². The van der Waals surface area contributed by atoms with E-state index in [2.05, 4.69) is 44.7 Å². The molecule has 0 fully saturated rings. The van der Waals surface area contributed by atoms with Crippen molar-refractivity contribution in [3.05, 3.63) is 48.0 Å². The molecule has 0 heterocycles. The van der Waals surface area contributed by atoms with Crippen molar-refractivity contribution in [2.45, 2.75) is 33.6 Å². The molecule has 1 rings (SSSR count). The first-order valence-electron chi connectivity index (χ1n) is 6.26. The summed E-state index contributed by atoms with van der Waals surface area (Å²) in [6.45, 7) is 9.54. The van der Waals surface area contributed by atoms with Crippen LogP contribution in [0.4, 0.5) is 0 Å². The van der Waals surface area contributed by atoms with Crippen LogP contribution < -0.4 is 0 Å². The first-order valence-corrected chi connectivity index (χ1v) is 8.08. The molecule has 0 saturated carbocycles. The van der Waals surface area contributed by atoms with Crippen LogP contribution in [-0.4, -0.2) is 19.9 Å². The molecule has 102 valence electrons. The molecule has 0 spiro atoms. The van der Waals surface area contributed by atoms with E-state index in [0.29, 0.717) is 5.75 Å². The van der Waals surface area contributed by atoms with Crippen LogP contribution in [0.15, 0.2) is 36.9 Å². The van der Waals surface area contributed by atoms with Gasteiger partial charge in [-0.2, -0.15) is 0 Å². The second-order valence-electron chi connectivity index (χ2n) is 4.41. The van der Waals surface area contributed by atoms with Crippen LogP contribution in [0.3, 0.4) is 0 Å². The Labute approximate surface area is 112 Å². The van der Waals surface area contributed by atoms with E-state index in [9.17, 15) is 8.42 Å². The van der Waals surface area contributed by atoms with Gasteiger partial charge < -0.3 is 0 Å². The quantitative estimate of drug-likeness (QED) is 0.763. The van der Waals surface area contributed by atoms with Gasteiger partial charge in [-0.25, -0.2) is 8.42 Å². The lowest BCUT2D eigenvalue weighted by Crippen LogP contribution is -2.08. The van der Waals surface area contributed by atoms with E-state index in [-0.39, 0.29) is 5.75 Å². The maximum absolute atomic E-state index is 10.9. The Bertz CT molecular complexity index is 409. The van der Waals surface area contributed by atoms with Crippen LogP contribution in [-0.2, 0) is 9.84 Å². The van der Waals surface area contributed by atoms with Crippen LogP contribution in [0.2, 0.25) is 0 Å². The molecular formula is C15H24O2S. The monoisotopic (exact) mass is 268 g/mol. The molecule has 0 unspecified atom stereocenters. The zero-order valence-corrected chi connectivity index (χ0v) is 12.5.